The second-order valence-corrected chi connectivity index (χ2v) is 10.2. The van der Waals surface area contributed by atoms with E-state index in [1.807, 2.05) is 6.92 Å². The van der Waals surface area contributed by atoms with Crippen molar-refractivity contribution in [2.24, 2.45) is 10.4 Å². The van der Waals surface area contributed by atoms with Crippen molar-refractivity contribution in [2.45, 2.75) is 51.4 Å². The molecule has 0 bridgehead atoms. The molecule has 2 aliphatic rings. The highest BCUT2D eigenvalue weighted by Crippen LogP contribution is 2.36. The van der Waals surface area contributed by atoms with Crippen LogP contribution in [0.15, 0.2) is 21.8 Å². The van der Waals surface area contributed by atoms with Crippen LogP contribution < -0.4 is 5.32 Å². The van der Waals surface area contributed by atoms with Gasteiger partial charge in [-0.15, -0.1) is 24.0 Å². The van der Waals surface area contributed by atoms with E-state index in [2.05, 4.69) is 22.3 Å². The van der Waals surface area contributed by atoms with Crippen LogP contribution in [0.4, 0.5) is 0 Å². The summed E-state index contributed by atoms with van der Waals surface area (Å²) in [6.45, 7) is 7.40. The zero-order valence-electron chi connectivity index (χ0n) is 17.8. The van der Waals surface area contributed by atoms with Crippen LogP contribution in [0.25, 0.3) is 0 Å². The van der Waals surface area contributed by atoms with Crippen molar-refractivity contribution in [3.05, 3.63) is 18.0 Å². The minimum atomic E-state index is -3.42. The van der Waals surface area contributed by atoms with Crippen molar-refractivity contribution < 1.29 is 18.0 Å². The van der Waals surface area contributed by atoms with Gasteiger partial charge in [0.1, 0.15) is 12.0 Å². The summed E-state index contributed by atoms with van der Waals surface area (Å²) in [6, 6.07) is 1.57. The average Bonchev–Trinajstić information content (AvgIpc) is 3.20. The molecule has 1 aliphatic carbocycles. The molecule has 2 unspecified atom stereocenters. The van der Waals surface area contributed by atoms with Gasteiger partial charge in [-0.3, -0.25) is 4.99 Å². The van der Waals surface area contributed by atoms with E-state index in [9.17, 15) is 13.5 Å². The van der Waals surface area contributed by atoms with Crippen molar-refractivity contribution in [3.8, 4) is 0 Å². The first kappa shape index (κ1) is 25.3. The number of nitrogens with one attached hydrogen (secondary N) is 1. The van der Waals surface area contributed by atoms with E-state index < -0.39 is 10.0 Å². The predicted octanol–water partition coefficient (Wildman–Crippen LogP) is 1.65. The number of halogens is 1. The number of aromatic nitrogens is 1. The maximum absolute atomic E-state index is 12.6. The fraction of sp³-hybridized carbons (Fsp3) is 0.789. The second kappa shape index (κ2) is 11.1. The Labute approximate surface area is 196 Å². The molecular formula is C19H34IN5O4S. The van der Waals surface area contributed by atoms with Crippen LogP contribution >= 0.6 is 24.0 Å². The van der Waals surface area contributed by atoms with E-state index in [0.717, 1.165) is 38.2 Å². The molecule has 1 aliphatic heterocycles. The Morgan fingerprint density at radius 2 is 2.10 bits per heavy atom. The molecule has 2 atom stereocenters. The first-order valence-corrected chi connectivity index (χ1v) is 12.0. The lowest BCUT2D eigenvalue weighted by atomic mass is 9.73. The van der Waals surface area contributed by atoms with E-state index in [0.29, 0.717) is 38.4 Å². The highest BCUT2D eigenvalue weighted by atomic mass is 127. The van der Waals surface area contributed by atoms with Gasteiger partial charge in [0.05, 0.1) is 18.3 Å². The minimum absolute atomic E-state index is 0. The second-order valence-electron chi connectivity index (χ2n) is 8.22. The number of hydrogen-bond acceptors (Lipinski definition) is 6. The molecule has 172 valence electrons. The predicted molar refractivity (Wildman–Crippen MR) is 126 cm³/mol. The van der Waals surface area contributed by atoms with Gasteiger partial charge in [-0.2, -0.15) is 4.31 Å². The smallest absolute Gasteiger partial charge is 0.220 e. The first-order valence-electron chi connectivity index (χ1n) is 10.4. The topological polar surface area (TPSA) is 111 Å². The van der Waals surface area contributed by atoms with Gasteiger partial charge >= 0.3 is 0 Å². The number of piperazine rings is 1. The molecule has 1 saturated heterocycles. The summed E-state index contributed by atoms with van der Waals surface area (Å²) >= 11 is 0. The summed E-state index contributed by atoms with van der Waals surface area (Å²) in [6.07, 6.45) is 5.08. The quantitative estimate of drug-likeness (QED) is 0.312. The number of aliphatic hydroxyl groups excluding tert-OH is 1. The third-order valence-corrected chi connectivity index (χ3v) is 7.77. The van der Waals surface area contributed by atoms with Crippen LogP contribution in [0.5, 0.6) is 0 Å². The molecule has 0 amide bonds. The number of aliphatic hydroxyl groups is 1. The van der Waals surface area contributed by atoms with Gasteiger partial charge in [0.2, 0.25) is 10.0 Å². The third kappa shape index (κ3) is 6.30. The van der Waals surface area contributed by atoms with Gasteiger partial charge < -0.3 is 19.8 Å². The fourth-order valence-corrected chi connectivity index (χ4v) is 5.44. The molecule has 2 N–H and O–H groups in total. The summed E-state index contributed by atoms with van der Waals surface area (Å²) in [5.41, 5.74) is 0.225. The highest BCUT2D eigenvalue weighted by molar-refractivity contribution is 14.0. The van der Waals surface area contributed by atoms with Gasteiger partial charge in [0.15, 0.2) is 5.96 Å². The zero-order chi connectivity index (χ0) is 20.9. The number of sulfonamides is 1. The van der Waals surface area contributed by atoms with Gasteiger partial charge in [-0.25, -0.2) is 8.42 Å². The van der Waals surface area contributed by atoms with Crippen molar-refractivity contribution in [3.63, 3.8) is 0 Å². The Morgan fingerprint density at radius 1 is 1.37 bits per heavy atom. The van der Waals surface area contributed by atoms with Crippen molar-refractivity contribution in [1.29, 1.82) is 0 Å². The van der Waals surface area contributed by atoms with Gasteiger partial charge in [-0.05, 0) is 19.8 Å². The van der Waals surface area contributed by atoms with E-state index in [4.69, 9.17) is 9.52 Å². The molecule has 11 heteroatoms. The Bertz CT molecular complexity index is 781. The minimum Gasteiger partial charge on any atom is -0.392 e. The molecule has 3 rings (SSSR count). The largest absolute Gasteiger partial charge is 0.392 e. The molecular weight excluding hydrogens is 521 g/mol. The molecule has 1 saturated carbocycles. The lowest BCUT2D eigenvalue weighted by Crippen LogP contribution is -2.54. The Kier molecular flexibility index (Phi) is 9.37. The highest BCUT2D eigenvalue weighted by Gasteiger charge is 2.36. The summed E-state index contributed by atoms with van der Waals surface area (Å²) in [5, 5.41) is 17.4. The standard InChI is InChI=1S/C19H33N5O4S.HI/c1-3-20-18(21-15-19(2)8-5-4-6-17(19)25)23-9-11-24(12-10-23)29(26,27)14-16-7-13-28-22-16;/h7,13,17,25H,3-6,8-12,14-15H2,1-2H3,(H,20,21);1H. The molecule has 2 heterocycles. The Balaban J connectivity index is 0.00000320. The fourth-order valence-electron chi connectivity index (χ4n) is 4.02. The van der Waals surface area contributed by atoms with Crippen molar-refractivity contribution >= 4 is 40.0 Å². The first-order chi connectivity index (χ1) is 13.8. The van der Waals surface area contributed by atoms with Gasteiger partial charge in [0.25, 0.3) is 0 Å². The molecule has 9 nitrogen and oxygen atoms in total. The zero-order valence-corrected chi connectivity index (χ0v) is 20.9. The number of aliphatic imine (C=N–C) groups is 1. The Morgan fingerprint density at radius 3 is 2.70 bits per heavy atom. The summed E-state index contributed by atoms with van der Waals surface area (Å²) in [7, 11) is -3.42. The summed E-state index contributed by atoms with van der Waals surface area (Å²) in [5.74, 6) is 0.647. The van der Waals surface area contributed by atoms with E-state index >= 15 is 0 Å². The average molecular weight is 555 g/mol. The molecule has 1 aromatic rings. The maximum Gasteiger partial charge on any atom is 0.220 e. The monoisotopic (exact) mass is 555 g/mol. The number of rotatable bonds is 6. The number of guanidine groups is 1. The molecule has 30 heavy (non-hydrogen) atoms. The molecule has 2 fully saturated rings. The number of nitrogens with zero attached hydrogens (tertiary/aromatic N) is 4. The van der Waals surface area contributed by atoms with Crippen LogP contribution in [0.1, 0.15) is 45.2 Å². The number of hydrogen-bond donors (Lipinski definition) is 2. The van der Waals surface area contributed by atoms with Crippen LogP contribution in [0.2, 0.25) is 0 Å². The van der Waals surface area contributed by atoms with Crippen LogP contribution in [-0.4, -0.2) is 79.2 Å². The molecule has 0 aromatic carbocycles. The van der Waals surface area contributed by atoms with E-state index in [1.54, 1.807) is 6.07 Å². The van der Waals surface area contributed by atoms with E-state index in [1.165, 1.54) is 10.6 Å². The van der Waals surface area contributed by atoms with E-state index in [-0.39, 0.29) is 41.2 Å². The molecule has 0 spiro atoms. The van der Waals surface area contributed by atoms with Crippen LogP contribution in [-0.2, 0) is 15.8 Å². The SMILES string of the molecule is CCNC(=NCC1(C)CCCCC1O)N1CCN(S(=O)(=O)Cc2ccon2)CC1.I. The maximum atomic E-state index is 12.6. The van der Waals surface area contributed by atoms with Gasteiger partial charge in [0, 0.05) is 44.2 Å². The van der Waals surface area contributed by atoms with Gasteiger partial charge in [-0.1, -0.05) is 24.9 Å². The lowest BCUT2D eigenvalue weighted by molar-refractivity contribution is 0.00700. The summed E-state index contributed by atoms with van der Waals surface area (Å²) < 4.78 is 31.5. The molecule has 1 aromatic heterocycles. The van der Waals surface area contributed by atoms with Crippen LogP contribution in [0, 0.1) is 5.41 Å². The Hall–Kier alpha value is -0.920. The van der Waals surface area contributed by atoms with Crippen molar-refractivity contribution in [2.75, 3.05) is 39.3 Å². The van der Waals surface area contributed by atoms with Crippen LogP contribution in [0.3, 0.4) is 0 Å². The third-order valence-electron chi connectivity index (χ3n) is 5.96. The summed E-state index contributed by atoms with van der Waals surface area (Å²) in [4.78, 5) is 6.91. The molecule has 0 radical (unpaired) electrons. The lowest BCUT2D eigenvalue weighted by Gasteiger charge is -2.39. The van der Waals surface area contributed by atoms with Crippen molar-refractivity contribution in [1.82, 2.24) is 19.7 Å². The normalized spacial score (nSPS) is 26.3.